The summed E-state index contributed by atoms with van der Waals surface area (Å²) in [4.78, 5) is 35.7. The van der Waals surface area contributed by atoms with Crippen LogP contribution in [0.4, 0.5) is 36.1 Å². The maximum absolute atomic E-state index is 12.6. The predicted octanol–water partition coefficient (Wildman–Crippen LogP) is 6.01. The van der Waals surface area contributed by atoms with E-state index >= 15 is 0 Å². The monoisotopic (exact) mass is 690 g/mol. The number of hydrogen-bond donors (Lipinski definition) is 2. The van der Waals surface area contributed by atoms with Gasteiger partial charge in [0.15, 0.2) is 0 Å². The number of halogens is 4. The normalized spacial score (nSPS) is 19.4. The second-order valence-corrected chi connectivity index (χ2v) is 13.3. The van der Waals surface area contributed by atoms with Crippen molar-refractivity contribution in [3.05, 3.63) is 109 Å². The lowest BCUT2D eigenvalue weighted by Gasteiger charge is -2.49. The molecule has 49 heavy (non-hydrogen) atoms. The molecule has 0 unspecified atom stereocenters. The van der Waals surface area contributed by atoms with Crippen LogP contribution >= 0.6 is 11.6 Å². The van der Waals surface area contributed by atoms with Crippen LogP contribution in [0, 0.1) is 11.8 Å². The second-order valence-electron chi connectivity index (χ2n) is 12.9. The number of hydrogen-bond acceptors (Lipinski definition) is 8. The Balaban J connectivity index is 1.01. The van der Waals surface area contributed by atoms with Crippen molar-refractivity contribution in [2.75, 3.05) is 48.3 Å². The Morgan fingerprint density at radius 3 is 2.20 bits per heavy atom. The van der Waals surface area contributed by atoms with Crippen LogP contribution in [0.2, 0.25) is 5.02 Å². The van der Waals surface area contributed by atoms with Crippen molar-refractivity contribution < 1.29 is 13.2 Å². The van der Waals surface area contributed by atoms with E-state index in [2.05, 4.69) is 75.0 Å². The maximum Gasteiger partial charge on any atom is 0.405 e. The second kappa shape index (κ2) is 14.6. The van der Waals surface area contributed by atoms with Crippen molar-refractivity contribution >= 4 is 34.5 Å². The highest BCUT2D eigenvalue weighted by molar-refractivity contribution is 6.33. The molecule has 8 nitrogen and oxygen atoms in total. The minimum Gasteiger partial charge on any atom is -0.371 e. The summed E-state index contributed by atoms with van der Waals surface area (Å²) in [6.07, 6.45) is -0.884. The molecule has 0 bridgehead atoms. The van der Waals surface area contributed by atoms with Gasteiger partial charge in [-0.1, -0.05) is 53.8 Å². The molecule has 4 aromatic rings. The fraction of sp³-hybridized carbons (Fsp3) is 0.378. The van der Waals surface area contributed by atoms with Gasteiger partial charge in [0.2, 0.25) is 0 Å². The molecular weight excluding hydrogens is 653 g/mol. The molecule has 2 aliphatic rings. The van der Waals surface area contributed by atoms with Crippen molar-refractivity contribution in [2.45, 2.75) is 57.5 Å². The minimum absolute atomic E-state index is 0.133. The van der Waals surface area contributed by atoms with Gasteiger partial charge < -0.3 is 15.5 Å². The van der Waals surface area contributed by atoms with Crippen molar-refractivity contribution in [3.63, 3.8) is 0 Å². The molecule has 2 N–H and O–H groups in total. The van der Waals surface area contributed by atoms with Crippen molar-refractivity contribution in [1.82, 2.24) is 14.8 Å². The molecule has 2 atom stereocenters. The summed E-state index contributed by atoms with van der Waals surface area (Å²) >= 11 is 6.66. The van der Waals surface area contributed by atoms with Gasteiger partial charge in [0.1, 0.15) is 23.7 Å². The number of piperazine rings is 1. The Morgan fingerprint density at radius 1 is 0.898 bits per heavy atom. The summed E-state index contributed by atoms with van der Waals surface area (Å²) in [5.74, 6) is 7.05. The third-order valence-electron chi connectivity index (χ3n) is 9.28. The van der Waals surface area contributed by atoms with E-state index in [1.807, 2.05) is 35.6 Å². The Hall–Kier alpha value is -4.37. The molecule has 2 aliphatic heterocycles. The smallest absolute Gasteiger partial charge is 0.371 e. The lowest BCUT2D eigenvalue weighted by atomic mass is 9.97. The summed E-state index contributed by atoms with van der Waals surface area (Å²) in [6, 6.07) is 21.0. The standard InChI is InChI=1S/C37H38ClF3N6O2/c1-24-21-47(36-31(38)18-29(19-42-36)44-33-32(34(48)35(33)49)43-23-37(39,40)41)25(2)20-46(24)30-14-16-45(17-15-30)22-28-12-10-27(11-13-28)9-8-26-6-4-3-5-7-26/h3-7,10-13,18-19,24-25,30,43-44H,14-17,20-23H2,1-2H3/t24-,25+/m1/s1. The zero-order valence-corrected chi connectivity index (χ0v) is 28.1. The summed E-state index contributed by atoms with van der Waals surface area (Å²) in [5.41, 5.74) is 1.08. The number of alkyl halides is 3. The van der Waals surface area contributed by atoms with E-state index in [9.17, 15) is 22.8 Å². The molecule has 2 fully saturated rings. The number of pyridine rings is 1. The van der Waals surface area contributed by atoms with Crippen LogP contribution in [-0.4, -0.2) is 71.8 Å². The highest BCUT2D eigenvalue weighted by Crippen LogP contribution is 2.33. The lowest BCUT2D eigenvalue weighted by Crippen LogP contribution is -2.61. The van der Waals surface area contributed by atoms with Crippen LogP contribution in [0.3, 0.4) is 0 Å². The minimum atomic E-state index is -4.54. The van der Waals surface area contributed by atoms with Crippen molar-refractivity contribution in [2.24, 2.45) is 0 Å². The zero-order chi connectivity index (χ0) is 34.7. The van der Waals surface area contributed by atoms with Crippen LogP contribution in [0.25, 0.3) is 0 Å². The van der Waals surface area contributed by atoms with E-state index in [1.54, 1.807) is 6.07 Å². The first kappa shape index (κ1) is 34.5. The first-order chi connectivity index (χ1) is 23.4. The van der Waals surface area contributed by atoms with Crippen LogP contribution in [0.1, 0.15) is 43.4 Å². The van der Waals surface area contributed by atoms with E-state index in [1.165, 1.54) is 11.8 Å². The molecule has 3 aromatic carbocycles. The maximum atomic E-state index is 12.6. The Kier molecular flexibility index (Phi) is 10.3. The molecule has 3 heterocycles. The molecule has 0 radical (unpaired) electrons. The Morgan fingerprint density at radius 2 is 1.55 bits per heavy atom. The van der Waals surface area contributed by atoms with Gasteiger partial charge in [0.05, 0.1) is 16.9 Å². The van der Waals surface area contributed by atoms with Gasteiger partial charge in [-0.25, -0.2) is 4.98 Å². The molecule has 256 valence electrons. The van der Waals surface area contributed by atoms with Crippen LogP contribution < -0.4 is 26.4 Å². The Labute approximate surface area is 288 Å². The molecule has 12 heteroatoms. The van der Waals surface area contributed by atoms with Crippen molar-refractivity contribution in [1.29, 1.82) is 0 Å². The van der Waals surface area contributed by atoms with Crippen molar-refractivity contribution in [3.8, 4) is 11.8 Å². The fourth-order valence-corrected chi connectivity index (χ4v) is 6.98. The number of likely N-dealkylation sites (tertiary alicyclic amines) is 1. The van der Waals surface area contributed by atoms with Crippen LogP contribution in [-0.2, 0) is 6.54 Å². The first-order valence-electron chi connectivity index (χ1n) is 16.4. The molecular formula is C37H38ClF3N6O2. The van der Waals surface area contributed by atoms with Gasteiger partial charge in [-0.3, -0.25) is 19.4 Å². The molecule has 6 rings (SSSR count). The molecule has 1 aromatic heterocycles. The molecule has 0 spiro atoms. The highest BCUT2D eigenvalue weighted by atomic mass is 35.5. The largest absolute Gasteiger partial charge is 0.405 e. The average molecular weight is 691 g/mol. The average Bonchev–Trinajstić information content (AvgIpc) is 3.09. The lowest BCUT2D eigenvalue weighted by molar-refractivity contribution is -0.115. The molecule has 0 amide bonds. The van der Waals surface area contributed by atoms with Gasteiger partial charge in [-0.2, -0.15) is 13.2 Å². The summed E-state index contributed by atoms with van der Waals surface area (Å²) in [7, 11) is 0. The van der Waals surface area contributed by atoms with Crippen LogP contribution in [0.15, 0.2) is 76.4 Å². The number of anilines is 4. The third-order valence-corrected chi connectivity index (χ3v) is 9.56. The van der Waals surface area contributed by atoms with E-state index in [-0.39, 0.29) is 17.8 Å². The summed E-state index contributed by atoms with van der Waals surface area (Å²) in [6.45, 7) is 7.50. The fourth-order valence-electron chi connectivity index (χ4n) is 6.71. The van der Waals surface area contributed by atoms with E-state index < -0.39 is 29.3 Å². The summed E-state index contributed by atoms with van der Waals surface area (Å²) in [5, 5.41) is 5.05. The van der Waals surface area contributed by atoms with Gasteiger partial charge in [0, 0.05) is 48.9 Å². The predicted molar refractivity (Wildman–Crippen MR) is 189 cm³/mol. The van der Waals surface area contributed by atoms with Gasteiger partial charge in [-0.05, 0) is 75.7 Å². The zero-order valence-electron chi connectivity index (χ0n) is 27.4. The molecule has 0 aliphatic carbocycles. The number of piperidine rings is 1. The Bertz CT molecular complexity index is 1890. The topological polar surface area (TPSA) is 80.8 Å². The van der Waals surface area contributed by atoms with Crippen LogP contribution in [0.5, 0.6) is 0 Å². The highest BCUT2D eigenvalue weighted by Gasteiger charge is 2.36. The number of benzene rings is 2. The van der Waals surface area contributed by atoms with E-state index in [0.29, 0.717) is 22.6 Å². The third kappa shape index (κ3) is 8.27. The summed E-state index contributed by atoms with van der Waals surface area (Å²) < 4.78 is 37.9. The quantitative estimate of drug-likeness (QED) is 0.172. The van der Waals surface area contributed by atoms with Gasteiger partial charge in [-0.15, -0.1) is 0 Å². The van der Waals surface area contributed by atoms with E-state index in [0.717, 1.165) is 56.7 Å². The van der Waals surface area contributed by atoms with Gasteiger partial charge >= 0.3 is 6.18 Å². The first-order valence-corrected chi connectivity index (χ1v) is 16.8. The van der Waals surface area contributed by atoms with E-state index in [4.69, 9.17) is 11.6 Å². The number of nitrogens with one attached hydrogen (secondary N) is 2. The number of aromatic nitrogens is 1. The molecule has 2 saturated heterocycles. The molecule has 0 saturated carbocycles. The number of nitrogens with zero attached hydrogens (tertiary/aromatic N) is 4. The number of rotatable bonds is 8. The van der Waals surface area contributed by atoms with Gasteiger partial charge in [0.25, 0.3) is 10.9 Å². The SMILES string of the molecule is C[C@@H]1CN(c2ncc(Nc3c(NCC(F)(F)F)c(=O)c3=O)cc2Cl)[C@@H](C)CN1C1CCN(Cc2ccc(C#Cc3ccccc3)cc2)CC1.